The van der Waals surface area contributed by atoms with Crippen LogP contribution in [0.2, 0.25) is 0 Å². The minimum absolute atomic E-state index is 0.409. The Morgan fingerprint density at radius 3 is 3.00 bits per heavy atom. The number of aliphatic hydroxyl groups is 1. The predicted molar refractivity (Wildman–Crippen MR) is 58.2 cm³/mol. The van der Waals surface area contributed by atoms with Gasteiger partial charge in [0.05, 0.1) is 5.60 Å². The summed E-state index contributed by atoms with van der Waals surface area (Å²) in [7, 11) is 0. The summed E-state index contributed by atoms with van der Waals surface area (Å²) in [6, 6.07) is 0.946. The molecule has 0 aliphatic carbocycles. The van der Waals surface area contributed by atoms with Gasteiger partial charge >= 0.3 is 0 Å². The first-order valence-corrected chi connectivity index (χ1v) is 5.63. The van der Waals surface area contributed by atoms with Gasteiger partial charge in [-0.25, -0.2) is 0 Å². The monoisotopic (exact) mass is 195 g/mol. The predicted octanol–water partition coefficient (Wildman–Crippen LogP) is 1.94. The van der Waals surface area contributed by atoms with Crippen molar-refractivity contribution in [2.45, 2.75) is 57.2 Å². The minimum Gasteiger partial charge on any atom is -0.388 e. The molecule has 2 heterocycles. The van der Waals surface area contributed by atoms with E-state index in [1.54, 1.807) is 0 Å². The maximum Gasteiger partial charge on any atom is 0.0789 e. The van der Waals surface area contributed by atoms with Crippen molar-refractivity contribution in [3.8, 4) is 0 Å². The highest BCUT2D eigenvalue weighted by Gasteiger charge is 2.49. The van der Waals surface area contributed by atoms with E-state index in [0.717, 1.165) is 12.8 Å². The Kier molecular flexibility index (Phi) is 2.44. The van der Waals surface area contributed by atoms with Crippen LogP contribution in [0.4, 0.5) is 0 Å². The van der Waals surface area contributed by atoms with Crippen molar-refractivity contribution in [2.24, 2.45) is 0 Å². The van der Waals surface area contributed by atoms with E-state index in [2.05, 4.69) is 18.4 Å². The average Bonchev–Trinajstić information content (AvgIpc) is 2.55. The molecular weight excluding hydrogens is 174 g/mol. The molecule has 14 heavy (non-hydrogen) atoms. The van der Waals surface area contributed by atoms with E-state index in [9.17, 15) is 5.11 Å². The minimum atomic E-state index is -0.462. The molecule has 3 atom stereocenters. The zero-order valence-electron chi connectivity index (χ0n) is 9.29. The Balaban J connectivity index is 2.10. The number of nitrogens with zero attached hydrogens (tertiary/aromatic N) is 1. The lowest BCUT2D eigenvalue weighted by Gasteiger charge is -2.26. The SMILES string of the molecule is C=C(C)C[C@@H]1C[C@](C)(O)[C@@H]2CCCN12. The molecule has 0 aromatic heterocycles. The molecule has 1 N–H and O–H groups in total. The molecule has 2 nitrogen and oxygen atoms in total. The van der Waals surface area contributed by atoms with Gasteiger partial charge in [0.2, 0.25) is 0 Å². The first-order valence-electron chi connectivity index (χ1n) is 5.63. The molecule has 80 valence electrons. The van der Waals surface area contributed by atoms with Gasteiger partial charge in [-0.2, -0.15) is 0 Å². The largest absolute Gasteiger partial charge is 0.388 e. The van der Waals surface area contributed by atoms with Crippen LogP contribution in [-0.4, -0.2) is 34.2 Å². The van der Waals surface area contributed by atoms with Gasteiger partial charge in [0, 0.05) is 12.1 Å². The maximum atomic E-state index is 10.3. The third kappa shape index (κ3) is 1.61. The number of hydrogen-bond acceptors (Lipinski definition) is 2. The Labute approximate surface area is 86.6 Å². The molecule has 2 aliphatic heterocycles. The molecule has 2 saturated heterocycles. The molecule has 0 aromatic carbocycles. The fourth-order valence-electron chi connectivity index (χ4n) is 3.22. The molecule has 0 amide bonds. The van der Waals surface area contributed by atoms with Crippen molar-refractivity contribution in [1.82, 2.24) is 4.90 Å². The zero-order chi connectivity index (χ0) is 10.3. The van der Waals surface area contributed by atoms with Crippen LogP contribution >= 0.6 is 0 Å². The Morgan fingerprint density at radius 2 is 2.36 bits per heavy atom. The summed E-state index contributed by atoms with van der Waals surface area (Å²) in [5.41, 5.74) is 0.773. The lowest BCUT2D eigenvalue weighted by molar-refractivity contribution is 0.0320. The van der Waals surface area contributed by atoms with Crippen LogP contribution < -0.4 is 0 Å². The van der Waals surface area contributed by atoms with Crippen LogP contribution in [-0.2, 0) is 0 Å². The Bertz CT molecular complexity index is 247. The molecule has 2 fully saturated rings. The zero-order valence-corrected chi connectivity index (χ0v) is 9.29. The van der Waals surface area contributed by atoms with Crippen molar-refractivity contribution < 1.29 is 5.11 Å². The fraction of sp³-hybridized carbons (Fsp3) is 0.833. The standard InChI is InChI=1S/C12H21NO/c1-9(2)7-10-8-12(3,14)11-5-4-6-13(10)11/h10-11,14H,1,4-8H2,2-3H3/t10-,11+,12+/m1/s1. The summed E-state index contributed by atoms with van der Waals surface area (Å²) < 4.78 is 0. The van der Waals surface area contributed by atoms with Gasteiger partial charge in [-0.15, -0.1) is 6.58 Å². The van der Waals surface area contributed by atoms with Crippen molar-refractivity contribution >= 4 is 0 Å². The molecule has 2 aliphatic rings. The van der Waals surface area contributed by atoms with Crippen LogP contribution in [0, 0.1) is 0 Å². The van der Waals surface area contributed by atoms with Gasteiger partial charge in [-0.3, -0.25) is 4.90 Å². The van der Waals surface area contributed by atoms with Crippen molar-refractivity contribution in [1.29, 1.82) is 0 Å². The van der Waals surface area contributed by atoms with E-state index < -0.39 is 5.60 Å². The van der Waals surface area contributed by atoms with E-state index >= 15 is 0 Å². The molecular formula is C12H21NO. The quantitative estimate of drug-likeness (QED) is 0.681. The lowest BCUT2D eigenvalue weighted by Crippen LogP contribution is -2.39. The van der Waals surface area contributed by atoms with Gasteiger partial charge in [0.15, 0.2) is 0 Å². The smallest absolute Gasteiger partial charge is 0.0789 e. The van der Waals surface area contributed by atoms with E-state index in [1.807, 2.05) is 6.92 Å². The summed E-state index contributed by atoms with van der Waals surface area (Å²) >= 11 is 0. The van der Waals surface area contributed by atoms with E-state index in [1.165, 1.54) is 25.0 Å². The number of fused-ring (bicyclic) bond motifs is 1. The van der Waals surface area contributed by atoms with Crippen molar-refractivity contribution in [3.63, 3.8) is 0 Å². The van der Waals surface area contributed by atoms with Gasteiger partial charge < -0.3 is 5.11 Å². The molecule has 0 aromatic rings. The van der Waals surface area contributed by atoms with E-state index in [0.29, 0.717) is 12.1 Å². The molecule has 0 spiro atoms. The first-order chi connectivity index (χ1) is 6.50. The van der Waals surface area contributed by atoms with Crippen molar-refractivity contribution in [2.75, 3.05) is 6.54 Å². The maximum absolute atomic E-state index is 10.3. The summed E-state index contributed by atoms with van der Waals surface area (Å²) in [5.74, 6) is 0. The normalized spacial score (nSPS) is 42.8. The summed E-state index contributed by atoms with van der Waals surface area (Å²) in [4.78, 5) is 2.49. The molecule has 2 heteroatoms. The van der Waals surface area contributed by atoms with E-state index in [-0.39, 0.29) is 0 Å². The summed E-state index contributed by atoms with van der Waals surface area (Å²) in [5, 5.41) is 10.3. The number of rotatable bonds is 2. The molecule has 0 radical (unpaired) electrons. The molecule has 2 rings (SSSR count). The second-order valence-electron chi connectivity index (χ2n) is 5.27. The third-order valence-electron chi connectivity index (χ3n) is 3.71. The topological polar surface area (TPSA) is 23.5 Å². The Morgan fingerprint density at radius 1 is 1.64 bits per heavy atom. The van der Waals surface area contributed by atoms with Crippen LogP contribution in [0.15, 0.2) is 12.2 Å². The second kappa shape index (κ2) is 3.35. The lowest BCUT2D eigenvalue weighted by atomic mass is 9.92. The van der Waals surface area contributed by atoms with Gasteiger partial charge in [-0.1, -0.05) is 5.57 Å². The Hall–Kier alpha value is -0.340. The van der Waals surface area contributed by atoms with Crippen LogP contribution in [0.5, 0.6) is 0 Å². The first kappa shape index (κ1) is 10.2. The van der Waals surface area contributed by atoms with Crippen LogP contribution in [0.1, 0.15) is 39.5 Å². The van der Waals surface area contributed by atoms with Crippen molar-refractivity contribution in [3.05, 3.63) is 12.2 Å². The third-order valence-corrected chi connectivity index (χ3v) is 3.71. The number of hydrogen-bond donors (Lipinski definition) is 1. The summed E-state index contributed by atoms with van der Waals surface area (Å²) in [6.45, 7) is 9.21. The average molecular weight is 195 g/mol. The highest BCUT2D eigenvalue weighted by molar-refractivity contribution is 5.08. The fourth-order valence-corrected chi connectivity index (χ4v) is 3.22. The van der Waals surface area contributed by atoms with E-state index in [4.69, 9.17) is 0 Å². The highest BCUT2D eigenvalue weighted by atomic mass is 16.3. The molecule has 0 unspecified atom stereocenters. The second-order valence-corrected chi connectivity index (χ2v) is 5.27. The van der Waals surface area contributed by atoms with Gasteiger partial charge in [0.25, 0.3) is 0 Å². The van der Waals surface area contributed by atoms with Crippen LogP contribution in [0.3, 0.4) is 0 Å². The summed E-state index contributed by atoms with van der Waals surface area (Å²) in [6.07, 6.45) is 4.38. The highest BCUT2D eigenvalue weighted by Crippen LogP contribution is 2.41. The molecule has 0 bridgehead atoms. The van der Waals surface area contributed by atoms with Gasteiger partial charge in [-0.05, 0) is 46.1 Å². The molecule has 0 saturated carbocycles. The van der Waals surface area contributed by atoms with Gasteiger partial charge in [0.1, 0.15) is 0 Å². The van der Waals surface area contributed by atoms with Crippen LogP contribution in [0.25, 0.3) is 0 Å².